The van der Waals surface area contributed by atoms with Gasteiger partial charge in [-0.3, -0.25) is 0 Å². The minimum absolute atomic E-state index is 0.0762. The fraction of sp³-hybridized carbons (Fsp3) is 0.647. The maximum absolute atomic E-state index is 6.20. The lowest BCUT2D eigenvalue weighted by atomic mass is 9.77. The van der Waals surface area contributed by atoms with E-state index < -0.39 is 0 Å². The molecule has 0 saturated heterocycles. The van der Waals surface area contributed by atoms with E-state index in [1.165, 1.54) is 29.7 Å². The summed E-state index contributed by atoms with van der Waals surface area (Å²) in [7, 11) is 3.98. The highest BCUT2D eigenvalue weighted by molar-refractivity contribution is 5.53. The summed E-state index contributed by atoms with van der Waals surface area (Å²) >= 11 is 0. The second-order valence-electron chi connectivity index (χ2n) is 6.18. The molecule has 3 nitrogen and oxygen atoms in total. The molecule has 2 N–H and O–H groups in total. The monoisotopic (exact) mass is 276 g/mol. The summed E-state index contributed by atoms with van der Waals surface area (Å²) in [5.41, 5.74) is 9.96. The summed E-state index contributed by atoms with van der Waals surface area (Å²) in [5.74, 6) is 0. The van der Waals surface area contributed by atoms with E-state index in [0.717, 1.165) is 12.8 Å². The average molecular weight is 276 g/mol. The van der Waals surface area contributed by atoms with E-state index in [2.05, 4.69) is 44.0 Å². The van der Waals surface area contributed by atoms with Gasteiger partial charge in [0.05, 0.1) is 11.6 Å². The second-order valence-corrected chi connectivity index (χ2v) is 6.18. The highest BCUT2D eigenvalue weighted by atomic mass is 16.5. The Morgan fingerprint density at radius 1 is 1.25 bits per heavy atom. The molecular weight excluding hydrogens is 248 g/mol. The third-order valence-electron chi connectivity index (χ3n) is 4.83. The van der Waals surface area contributed by atoms with Gasteiger partial charge >= 0.3 is 0 Å². The van der Waals surface area contributed by atoms with Gasteiger partial charge in [0.25, 0.3) is 0 Å². The first-order valence-electron chi connectivity index (χ1n) is 7.58. The lowest BCUT2D eigenvalue weighted by Gasteiger charge is -2.50. The number of nitrogens with two attached hydrogens (primary N) is 1. The molecule has 0 radical (unpaired) electrons. The van der Waals surface area contributed by atoms with Gasteiger partial charge in [0.2, 0.25) is 0 Å². The van der Waals surface area contributed by atoms with Crippen molar-refractivity contribution in [1.29, 1.82) is 0 Å². The number of anilines is 1. The molecule has 112 valence electrons. The summed E-state index contributed by atoms with van der Waals surface area (Å²) in [6.07, 6.45) is 4.88. The van der Waals surface area contributed by atoms with E-state index in [4.69, 9.17) is 10.5 Å². The van der Waals surface area contributed by atoms with Crippen LogP contribution < -0.4 is 10.6 Å². The largest absolute Gasteiger partial charge is 0.379 e. The van der Waals surface area contributed by atoms with Crippen LogP contribution >= 0.6 is 0 Å². The summed E-state index contributed by atoms with van der Waals surface area (Å²) in [4.78, 5) is 2.36. The Labute approximate surface area is 123 Å². The SMILES string of the molecule is COC1CCCCC1(CN)N(C)c1cc(C)cc(C)c1. The predicted octanol–water partition coefficient (Wildman–Crippen LogP) is 3.03. The maximum Gasteiger partial charge on any atom is 0.0815 e. The van der Waals surface area contributed by atoms with Crippen LogP contribution in [0.15, 0.2) is 18.2 Å². The standard InChI is InChI=1S/C17H28N2O/c1-13-9-14(2)11-15(10-13)19(3)17(12-18)8-6-5-7-16(17)20-4/h9-11,16H,5-8,12,18H2,1-4H3. The van der Waals surface area contributed by atoms with Crippen molar-refractivity contribution < 1.29 is 4.74 Å². The molecule has 3 heteroatoms. The van der Waals surface area contributed by atoms with Crippen LogP contribution in [0.1, 0.15) is 36.8 Å². The Kier molecular flexibility index (Phi) is 4.71. The molecule has 20 heavy (non-hydrogen) atoms. The third kappa shape index (κ3) is 2.70. The van der Waals surface area contributed by atoms with Crippen LogP contribution in [0, 0.1) is 13.8 Å². The minimum Gasteiger partial charge on any atom is -0.379 e. The third-order valence-corrected chi connectivity index (χ3v) is 4.83. The van der Waals surface area contributed by atoms with Crippen LogP contribution in [0.3, 0.4) is 0 Å². The number of hydrogen-bond acceptors (Lipinski definition) is 3. The van der Waals surface area contributed by atoms with Gasteiger partial charge in [-0.15, -0.1) is 0 Å². The van der Waals surface area contributed by atoms with E-state index >= 15 is 0 Å². The van der Waals surface area contributed by atoms with Gasteiger partial charge < -0.3 is 15.4 Å². The number of methoxy groups -OCH3 is 1. The van der Waals surface area contributed by atoms with E-state index in [9.17, 15) is 0 Å². The van der Waals surface area contributed by atoms with Crippen molar-refractivity contribution in [1.82, 2.24) is 0 Å². The van der Waals surface area contributed by atoms with Gasteiger partial charge in [-0.1, -0.05) is 18.9 Å². The van der Waals surface area contributed by atoms with Crippen molar-refractivity contribution in [3.05, 3.63) is 29.3 Å². The van der Waals surface area contributed by atoms with Crippen LogP contribution in [0.25, 0.3) is 0 Å². The van der Waals surface area contributed by atoms with Gasteiger partial charge in [0, 0.05) is 26.4 Å². The van der Waals surface area contributed by atoms with Gasteiger partial charge in [0.1, 0.15) is 0 Å². The molecule has 2 atom stereocenters. The molecule has 2 rings (SSSR count). The molecule has 1 saturated carbocycles. The van der Waals surface area contributed by atoms with Crippen molar-refractivity contribution in [2.75, 3.05) is 25.6 Å². The average Bonchev–Trinajstić information content (AvgIpc) is 2.45. The predicted molar refractivity (Wildman–Crippen MR) is 85.4 cm³/mol. The summed E-state index contributed by atoms with van der Waals surface area (Å²) < 4.78 is 5.78. The second kappa shape index (κ2) is 6.15. The fourth-order valence-electron chi connectivity index (χ4n) is 3.68. The van der Waals surface area contributed by atoms with Gasteiger partial charge in [0.15, 0.2) is 0 Å². The molecule has 2 unspecified atom stereocenters. The van der Waals surface area contributed by atoms with Crippen molar-refractivity contribution in [3.8, 4) is 0 Å². The minimum atomic E-state index is -0.0762. The zero-order valence-electron chi connectivity index (χ0n) is 13.3. The number of nitrogens with zero attached hydrogens (tertiary/aromatic N) is 1. The number of benzene rings is 1. The Morgan fingerprint density at radius 3 is 2.45 bits per heavy atom. The molecule has 1 fully saturated rings. The highest BCUT2D eigenvalue weighted by Gasteiger charge is 2.43. The van der Waals surface area contributed by atoms with Gasteiger partial charge in [-0.05, 0) is 49.9 Å². The van der Waals surface area contributed by atoms with Crippen LogP contribution in [-0.2, 0) is 4.74 Å². The maximum atomic E-state index is 6.20. The smallest absolute Gasteiger partial charge is 0.0815 e. The van der Waals surface area contributed by atoms with E-state index in [-0.39, 0.29) is 11.6 Å². The van der Waals surface area contributed by atoms with Gasteiger partial charge in [-0.25, -0.2) is 0 Å². The number of ether oxygens (including phenoxy) is 1. The van der Waals surface area contributed by atoms with Crippen molar-refractivity contribution in [2.45, 2.75) is 51.2 Å². The number of likely N-dealkylation sites (N-methyl/N-ethyl adjacent to an activating group) is 1. The van der Waals surface area contributed by atoms with Gasteiger partial charge in [-0.2, -0.15) is 0 Å². The number of rotatable bonds is 4. The molecule has 1 aromatic rings. The molecule has 1 aliphatic carbocycles. The number of hydrogen-bond donors (Lipinski definition) is 1. The van der Waals surface area contributed by atoms with Crippen LogP contribution in [0.5, 0.6) is 0 Å². The molecule has 0 aliphatic heterocycles. The molecule has 0 amide bonds. The number of aryl methyl sites for hydroxylation is 2. The lowest BCUT2D eigenvalue weighted by Crippen LogP contribution is -2.62. The van der Waals surface area contributed by atoms with Crippen LogP contribution in [-0.4, -0.2) is 32.3 Å². The fourth-order valence-corrected chi connectivity index (χ4v) is 3.68. The Bertz CT molecular complexity index is 440. The molecule has 0 aromatic heterocycles. The summed E-state index contributed by atoms with van der Waals surface area (Å²) in [5, 5.41) is 0. The Morgan fingerprint density at radius 2 is 1.90 bits per heavy atom. The topological polar surface area (TPSA) is 38.5 Å². The van der Waals surface area contributed by atoms with Crippen molar-refractivity contribution in [3.63, 3.8) is 0 Å². The zero-order valence-corrected chi connectivity index (χ0v) is 13.3. The first-order valence-corrected chi connectivity index (χ1v) is 7.58. The van der Waals surface area contributed by atoms with Crippen LogP contribution in [0.2, 0.25) is 0 Å². The molecule has 1 aliphatic rings. The first kappa shape index (κ1) is 15.3. The molecule has 0 heterocycles. The van der Waals surface area contributed by atoms with E-state index in [0.29, 0.717) is 6.54 Å². The molecule has 0 bridgehead atoms. The van der Waals surface area contributed by atoms with Crippen molar-refractivity contribution in [2.24, 2.45) is 5.73 Å². The molecule has 1 aromatic carbocycles. The first-order chi connectivity index (χ1) is 9.53. The molecule has 0 spiro atoms. The van der Waals surface area contributed by atoms with Crippen LogP contribution in [0.4, 0.5) is 5.69 Å². The molecular formula is C17H28N2O. The quantitative estimate of drug-likeness (QED) is 0.918. The highest BCUT2D eigenvalue weighted by Crippen LogP contribution is 2.37. The Hall–Kier alpha value is -1.06. The Balaban J connectivity index is 2.38. The van der Waals surface area contributed by atoms with Crippen molar-refractivity contribution >= 4 is 5.69 Å². The van der Waals surface area contributed by atoms with E-state index in [1.807, 2.05) is 7.11 Å². The zero-order chi connectivity index (χ0) is 14.8. The lowest BCUT2D eigenvalue weighted by molar-refractivity contribution is 0.00769. The normalized spacial score (nSPS) is 26.6. The summed E-state index contributed by atoms with van der Waals surface area (Å²) in [6.45, 7) is 4.93. The summed E-state index contributed by atoms with van der Waals surface area (Å²) in [6, 6.07) is 6.69. The van der Waals surface area contributed by atoms with E-state index in [1.54, 1.807) is 0 Å².